The first kappa shape index (κ1) is 15.6. The zero-order valence-electron chi connectivity index (χ0n) is 13.0. The van der Waals surface area contributed by atoms with Crippen LogP contribution in [0.15, 0.2) is 18.6 Å². The Hall–Kier alpha value is -2.29. The Kier molecular flexibility index (Phi) is 4.96. The highest BCUT2D eigenvalue weighted by Gasteiger charge is 2.22. The zero-order chi connectivity index (χ0) is 16.1. The summed E-state index contributed by atoms with van der Waals surface area (Å²) in [7, 11) is 0. The van der Waals surface area contributed by atoms with E-state index in [-0.39, 0.29) is 6.03 Å². The summed E-state index contributed by atoms with van der Waals surface area (Å²) in [6.07, 6.45) is 6.99. The van der Waals surface area contributed by atoms with Gasteiger partial charge in [0.1, 0.15) is 10.8 Å². The van der Waals surface area contributed by atoms with Gasteiger partial charge in [-0.3, -0.25) is 10.3 Å². The van der Waals surface area contributed by atoms with Gasteiger partial charge in [0.2, 0.25) is 5.13 Å². The molecular formula is C14H19N7OS. The van der Waals surface area contributed by atoms with Gasteiger partial charge in [-0.1, -0.05) is 18.3 Å². The summed E-state index contributed by atoms with van der Waals surface area (Å²) in [4.78, 5) is 24.6. The van der Waals surface area contributed by atoms with Crippen LogP contribution in [0.25, 0.3) is 0 Å². The second-order valence-electron chi connectivity index (χ2n) is 5.22. The summed E-state index contributed by atoms with van der Waals surface area (Å²) in [5.41, 5.74) is 0. The van der Waals surface area contributed by atoms with Crippen molar-refractivity contribution < 1.29 is 4.79 Å². The highest BCUT2D eigenvalue weighted by Crippen LogP contribution is 2.18. The molecule has 0 atom stereocenters. The number of carbonyl (C=O) groups excluding carboxylic acids is 1. The van der Waals surface area contributed by atoms with Crippen molar-refractivity contribution >= 4 is 28.3 Å². The van der Waals surface area contributed by atoms with Crippen LogP contribution in [-0.4, -0.2) is 57.3 Å². The minimum Gasteiger partial charge on any atom is -0.352 e. The van der Waals surface area contributed by atoms with Gasteiger partial charge in [-0.15, -0.1) is 10.2 Å². The molecule has 0 spiro atoms. The molecule has 0 unspecified atom stereocenters. The van der Waals surface area contributed by atoms with E-state index in [1.165, 1.54) is 11.3 Å². The van der Waals surface area contributed by atoms with Crippen LogP contribution in [0.5, 0.6) is 0 Å². The number of nitrogens with one attached hydrogen (secondary N) is 1. The highest BCUT2D eigenvalue weighted by molar-refractivity contribution is 7.15. The lowest BCUT2D eigenvalue weighted by atomic mass is 10.3. The largest absolute Gasteiger partial charge is 0.352 e. The quantitative estimate of drug-likeness (QED) is 0.915. The molecule has 2 aromatic rings. The lowest BCUT2D eigenvalue weighted by molar-refractivity contribution is 0.208. The predicted molar refractivity (Wildman–Crippen MR) is 88.7 cm³/mol. The van der Waals surface area contributed by atoms with Gasteiger partial charge < -0.3 is 9.80 Å². The molecule has 0 radical (unpaired) electrons. The van der Waals surface area contributed by atoms with Crippen LogP contribution in [0.3, 0.4) is 0 Å². The number of aromatic nitrogens is 4. The lowest BCUT2D eigenvalue weighted by Gasteiger charge is -2.34. The molecule has 1 aliphatic heterocycles. The fourth-order valence-corrected chi connectivity index (χ4v) is 3.21. The first-order chi connectivity index (χ1) is 11.3. The molecular weight excluding hydrogens is 314 g/mol. The van der Waals surface area contributed by atoms with Crippen LogP contribution in [-0.2, 0) is 6.42 Å². The molecule has 1 fully saturated rings. The number of carbonyl (C=O) groups is 1. The van der Waals surface area contributed by atoms with Crippen molar-refractivity contribution in [1.82, 2.24) is 25.1 Å². The van der Waals surface area contributed by atoms with E-state index in [1.807, 2.05) is 0 Å². The van der Waals surface area contributed by atoms with Crippen molar-refractivity contribution in [2.45, 2.75) is 19.8 Å². The molecule has 23 heavy (non-hydrogen) atoms. The fraction of sp³-hybridized carbons (Fsp3) is 0.500. The van der Waals surface area contributed by atoms with E-state index in [0.717, 1.165) is 36.8 Å². The second-order valence-corrected chi connectivity index (χ2v) is 6.28. The van der Waals surface area contributed by atoms with Crippen LogP contribution in [0.2, 0.25) is 0 Å². The van der Waals surface area contributed by atoms with Gasteiger partial charge in [0.05, 0.1) is 6.20 Å². The van der Waals surface area contributed by atoms with E-state index in [1.54, 1.807) is 23.5 Å². The summed E-state index contributed by atoms with van der Waals surface area (Å²) in [6.45, 7) is 4.86. The predicted octanol–water partition coefficient (Wildman–Crippen LogP) is 1.63. The molecule has 1 N–H and O–H groups in total. The van der Waals surface area contributed by atoms with Crippen LogP contribution in [0, 0.1) is 0 Å². The smallest absolute Gasteiger partial charge is 0.323 e. The average Bonchev–Trinajstić information content (AvgIpc) is 3.03. The number of rotatable bonds is 4. The van der Waals surface area contributed by atoms with E-state index in [4.69, 9.17) is 0 Å². The Labute approximate surface area is 138 Å². The van der Waals surface area contributed by atoms with Crippen molar-refractivity contribution in [3.8, 4) is 0 Å². The molecule has 2 aromatic heterocycles. The van der Waals surface area contributed by atoms with Gasteiger partial charge in [-0.05, 0) is 6.42 Å². The molecule has 0 aliphatic carbocycles. The first-order valence-electron chi connectivity index (χ1n) is 7.65. The van der Waals surface area contributed by atoms with E-state index in [0.29, 0.717) is 18.2 Å². The third kappa shape index (κ3) is 3.92. The third-order valence-corrected chi connectivity index (χ3v) is 4.48. The lowest BCUT2D eigenvalue weighted by Crippen LogP contribution is -2.50. The van der Waals surface area contributed by atoms with E-state index < -0.39 is 0 Å². The number of nitrogens with zero attached hydrogens (tertiary/aromatic N) is 6. The number of amides is 2. The number of hydrogen-bond acceptors (Lipinski definition) is 7. The van der Waals surface area contributed by atoms with Crippen LogP contribution in [0.4, 0.5) is 15.7 Å². The molecule has 122 valence electrons. The van der Waals surface area contributed by atoms with Crippen molar-refractivity contribution in [3.63, 3.8) is 0 Å². The van der Waals surface area contributed by atoms with Crippen molar-refractivity contribution in [2.75, 3.05) is 36.4 Å². The normalized spacial score (nSPS) is 14.8. The highest BCUT2D eigenvalue weighted by atomic mass is 32.1. The second kappa shape index (κ2) is 7.32. The Morgan fingerprint density at radius 2 is 2.09 bits per heavy atom. The number of hydrogen-bond donors (Lipinski definition) is 1. The maximum Gasteiger partial charge on any atom is 0.323 e. The molecule has 9 heteroatoms. The Balaban J connectivity index is 1.51. The summed E-state index contributed by atoms with van der Waals surface area (Å²) in [5, 5.41) is 12.4. The molecule has 1 saturated heterocycles. The topological polar surface area (TPSA) is 87.1 Å². The van der Waals surface area contributed by atoms with Gasteiger partial charge in [-0.25, -0.2) is 9.78 Å². The van der Waals surface area contributed by atoms with Crippen molar-refractivity contribution in [3.05, 3.63) is 23.6 Å². The van der Waals surface area contributed by atoms with E-state index >= 15 is 0 Å². The summed E-state index contributed by atoms with van der Waals surface area (Å²) < 4.78 is 0. The van der Waals surface area contributed by atoms with Gasteiger partial charge in [-0.2, -0.15) is 0 Å². The van der Waals surface area contributed by atoms with Gasteiger partial charge in [0.15, 0.2) is 0 Å². The standard InChI is InChI=1S/C14H19N7OS/c1-2-3-12-18-19-13(23-12)17-14(22)21-8-6-20(7-9-21)11-10-15-4-5-16-11/h4-5,10H,2-3,6-9H2,1H3,(H,17,19,22). The summed E-state index contributed by atoms with van der Waals surface area (Å²) >= 11 is 1.44. The fourth-order valence-electron chi connectivity index (χ4n) is 2.38. The number of piperazine rings is 1. The van der Waals surface area contributed by atoms with Crippen LogP contribution >= 0.6 is 11.3 Å². The summed E-state index contributed by atoms with van der Waals surface area (Å²) in [6, 6.07) is -0.122. The molecule has 2 amide bonds. The monoisotopic (exact) mass is 333 g/mol. The minimum absolute atomic E-state index is 0.122. The van der Waals surface area contributed by atoms with Gasteiger partial charge in [0.25, 0.3) is 0 Å². The molecule has 0 bridgehead atoms. The minimum atomic E-state index is -0.122. The zero-order valence-corrected chi connectivity index (χ0v) is 13.8. The van der Waals surface area contributed by atoms with E-state index in [2.05, 4.69) is 37.3 Å². The average molecular weight is 333 g/mol. The molecule has 3 rings (SSSR count). The maximum absolute atomic E-state index is 12.3. The first-order valence-corrected chi connectivity index (χ1v) is 8.47. The SMILES string of the molecule is CCCc1nnc(NC(=O)N2CCN(c3cnccn3)CC2)s1. The Morgan fingerprint density at radius 1 is 1.26 bits per heavy atom. The Bertz CT molecular complexity index is 640. The molecule has 0 aromatic carbocycles. The van der Waals surface area contributed by atoms with Crippen LogP contribution in [0.1, 0.15) is 18.4 Å². The van der Waals surface area contributed by atoms with Crippen LogP contribution < -0.4 is 10.2 Å². The number of urea groups is 1. The number of anilines is 2. The molecule has 8 nitrogen and oxygen atoms in total. The molecule has 1 aliphatic rings. The summed E-state index contributed by atoms with van der Waals surface area (Å²) in [5.74, 6) is 0.848. The third-order valence-electron chi connectivity index (χ3n) is 3.59. The molecule has 0 saturated carbocycles. The van der Waals surface area contributed by atoms with Crippen molar-refractivity contribution in [2.24, 2.45) is 0 Å². The van der Waals surface area contributed by atoms with Crippen molar-refractivity contribution in [1.29, 1.82) is 0 Å². The Morgan fingerprint density at radius 3 is 2.78 bits per heavy atom. The van der Waals surface area contributed by atoms with Gasteiger partial charge >= 0.3 is 6.03 Å². The van der Waals surface area contributed by atoms with E-state index in [9.17, 15) is 4.79 Å². The molecule has 3 heterocycles. The maximum atomic E-state index is 12.3. The van der Waals surface area contributed by atoms with Gasteiger partial charge in [0, 0.05) is 45.0 Å². The number of aryl methyl sites for hydroxylation is 1.